The van der Waals surface area contributed by atoms with Gasteiger partial charge in [0.1, 0.15) is 0 Å². The number of aromatic nitrogens is 1. The first-order valence-electron chi connectivity index (χ1n) is 5.36. The van der Waals surface area contributed by atoms with E-state index in [1.54, 1.807) is 13.3 Å². The summed E-state index contributed by atoms with van der Waals surface area (Å²) in [5.74, 6) is 0.656. The predicted octanol–water partition coefficient (Wildman–Crippen LogP) is 1.25. The van der Waals surface area contributed by atoms with E-state index in [0.29, 0.717) is 11.9 Å². The van der Waals surface area contributed by atoms with E-state index in [1.807, 2.05) is 12.1 Å². The maximum absolute atomic E-state index is 5.08. The fourth-order valence-electron chi connectivity index (χ4n) is 1.82. The van der Waals surface area contributed by atoms with Gasteiger partial charge in [-0.2, -0.15) is 0 Å². The summed E-state index contributed by atoms with van der Waals surface area (Å²) in [5, 5.41) is 6.85. The molecular formula is C11H17N3O. The van der Waals surface area contributed by atoms with Crippen LogP contribution in [0.3, 0.4) is 0 Å². The number of methoxy groups -OCH3 is 1. The molecular weight excluding hydrogens is 190 g/mol. The van der Waals surface area contributed by atoms with E-state index in [4.69, 9.17) is 4.74 Å². The molecule has 1 fully saturated rings. The van der Waals surface area contributed by atoms with Gasteiger partial charge in [-0.25, -0.2) is 4.98 Å². The molecule has 4 heteroatoms. The lowest BCUT2D eigenvalue weighted by Gasteiger charge is -2.24. The van der Waals surface area contributed by atoms with Crippen LogP contribution in [0.5, 0.6) is 5.88 Å². The molecule has 2 heterocycles. The number of nitrogens with zero attached hydrogens (tertiary/aromatic N) is 1. The van der Waals surface area contributed by atoms with Gasteiger partial charge in [0, 0.05) is 30.5 Å². The van der Waals surface area contributed by atoms with Gasteiger partial charge in [-0.3, -0.25) is 0 Å². The van der Waals surface area contributed by atoms with Gasteiger partial charge >= 0.3 is 0 Å². The fraction of sp³-hybridized carbons (Fsp3) is 0.545. The third kappa shape index (κ3) is 2.83. The van der Waals surface area contributed by atoms with Gasteiger partial charge in [0.15, 0.2) is 0 Å². The van der Waals surface area contributed by atoms with Gasteiger partial charge in [-0.05, 0) is 25.5 Å². The molecule has 2 rings (SSSR count). The van der Waals surface area contributed by atoms with Gasteiger partial charge in [-0.15, -0.1) is 0 Å². The van der Waals surface area contributed by atoms with E-state index in [2.05, 4.69) is 15.6 Å². The van der Waals surface area contributed by atoms with Crippen LogP contribution in [0.4, 0.5) is 5.69 Å². The Balaban J connectivity index is 1.96. The number of hydrogen-bond donors (Lipinski definition) is 2. The molecule has 1 aliphatic rings. The van der Waals surface area contributed by atoms with Crippen molar-refractivity contribution in [2.75, 3.05) is 25.5 Å². The Bertz CT molecular complexity index is 310. The number of piperidine rings is 1. The molecule has 2 N–H and O–H groups in total. The van der Waals surface area contributed by atoms with Crippen LogP contribution in [-0.4, -0.2) is 31.2 Å². The highest BCUT2D eigenvalue weighted by Gasteiger charge is 2.12. The molecule has 1 aromatic rings. The summed E-state index contributed by atoms with van der Waals surface area (Å²) >= 11 is 0. The van der Waals surface area contributed by atoms with Crippen molar-refractivity contribution in [3.05, 3.63) is 18.3 Å². The van der Waals surface area contributed by atoms with E-state index < -0.39 is 0 Å². The molecule has 1 atom stereocenters. The van der Waals surface area contributed by atoms with Crippen LogP contribution in [0.1, 0.15) is 12.8 Å². The standard InChI is InChI=1S/C11H17N3O/c1-15-11-7-9(4-6-13-11)14-10-3-2-5-12-8-10/h4,6-7,10,12H,2-3,5,8H2,1H3,(H,13,14). The third-order valence-corrected chi connectivity index (χ3v) is 2.61. The van der Waals surface area contributed by atoms with Gasteiger partial charge in [0.25, 0.3) is 0 Å². The first-order valence-corrected chi connectivity index (χ1v) is 5.36. The van der Waals surface area contributed by atoms with Crippen molar-refractivity contribution in [3.8, 4) is 5.88 Å². The topological polar surface area (TPSA) is 46.2 Å². The highest BCUT2D eigenvalue weighted by atomic mass is 16.5. The van der Waals surface area contributed by atoms with Crippen molar-refractivity contribution in [3.63, 3.8) is 0 Å². The lowest BCUT2D eigenvalue weighted by atomic mass is 10.1. The van der Waals surface area contributed by atoms with E-state index in [0.717, 1.165) is 18.8 Å². The molecule has 0 radical (unpaired) electrons. The zero-order chi connectivity index (χ0) is 10.5. The predicted molar refractivity (Wildman–Crippen MR) is 60.3 cm³/mol. The molecule has 15 heavy (non-hydrogen) atoms. The maximum Gasteiger partial charge on any atom is 0.214 e. The summed E-state index contributed by atoms with van der Waals surface area (Å²) in [6.45, 7) is 2.17. The normalized spacial score (nSPS) is 21.0. The molecule has 1 aliphatic heterocycles. The van der Waals surface area contributed by atoms with Crippen molar-refractivity contribution in [1.82, 2.24) is 10.3 Å². The monoisotopic (exact) mass is 207 g/mol. The second-order valence-electron chi connectivity index (χ2n) is 3.77. The van der Waals surface area contributed by atoms with Crippen molar-refractivity contribution >= 4 is 5.69 Å². The molecule has 1 unspecified atom stereocenters. The molecule has 0 saturated carbocycles. The van der Waals surface area contributed by atoms with Gasteiger partial charge in [-0.1, -0.05) is 0 Å². The summed E-state index contributed by atoms with van der Waals surface area (Å²) in [5.41, 5.74) is 1.08. The second-order valence-corrected chi connectivity index (χ2v) is 3.77. The van der Waals surface area contributed by atoms with Crippen LogP contribution in [0.25, 0.3) is 0 Å². The van der Waals surface area contributed by atoms with Crippen LogP contribution < -0.4 is 15.4 Å². The number of pyridine rings is 1. The Morgan fingerprint density at radius 1 is 1.60 bits per heavy atom. The number of ether oxygens (including phenoxy) is 1. The van der Waals surface area contributed by atoms with Crippen molar-refractivity contribution in [2.24, 2.45) is 0 Å². The van der Waals surface area contributed by atoms with Crippen LogP contribution in [0.2, 0.25) is 0 Å². The first kappa shape index (κ1) is 10.2. The minimum atomic E-state index is 0.519. The average Bonchev–Trinajstić information content (AvgIpc) is 2.31. The second kappa shape index (κ2) is 4.98. The number of hydrogen-bond acceptors (Lipinski definition) is 4. The van der Waals surface area contributed by atoms with Gasteiger partial charge in [0.05, 0.1) is 7.11 Å². The molecule has 1 aromatic heterocycles. The highest BCUT2D eigenvalue weighted by Crippen LogP contribution is 2.16. The van der Waals surface area contributed by atoms with Crippen molar-refractivity contribution in [1.29, 1.82) is 0 Å². The Morgan fingerprint density at radius 3 is 3.27 bits per heavy atom. The molecule has 0 bridgehead atoms. The molecule has 0 spiro atoms. The molecule has 0 aliphatic carbocycles. The first-order chi connectivity index (χ1) is 7.38. The number of anilines is 1. The van der Waals surface area contributed by atoms with E-state index in [1.165, 1.54) is 12.8 Å². The van der Waals surface area contributed by atoms with Gasteiger partial charge < -0.3 is 15.4 Å². The Hall–Kier alpha value is -1.29. The lowest BCUT2D eigenvalue weighted by Crippen LogP contribution is -2.38. The molecule has 0 aromatic carbocycles. The van der Waals surface area contributed by atoms with Crippen molar-refractivity contribution in [2.45, 2.75) is 18.9 Å². The van der Waals surface area contributed by atoms with E-state index >= 15 is 0 Å². The molecule has 4 nitrogen and oxygen atoms in total. The summed E-state index contributed by atoms with van der Waals surface area (Å²) < 4.78 is 5.08. The Morgan fingerprint density at radius 2 is 2.53 bits per heavy atom. The quantitative estimate of drug-likeness (QED) is 0.783. The SMILES string of the molecule is COc1cc(NC2CCCNC2)ccn1. The van der Waals surface area contributed by atoms with Crippen molar-refractivity contribution < 1.29 is 4.74 Å². The summed E-state index contributed by atoms with van der Waals surface area (Å²) in [7, 11) is 1.63. The third-order valence-electron chi connectivity index (χ3n) is 2.61. The van der Waals surface area contributed by atoms with Crippen LogP contribution in [0, 0.1) is 0 Å². The maximum atomic E-state index is 5.08. The fourth-order valence-corrected chi connectivity index (χ4v) is 1.82. The zero-order valence-corrected chi connectivity index (χ0v) is 8.99. The molecule has 82 valence electrons. The van der Waals surface area contributed by atoms with E-state index in [-0.39, 0.29) is 0 Å². The summed E-state index contributed by atoms with van der Waals surface area (Å²) in [4.78, 5) is 4.07. The minimum Gasteiger partial charge on any atom is -0.481 e. The average molecular weight is 207 g/mol. The Labute approximate surface area is 90.0 Å². The van der Waals surface area contributed by atoms with Crippen LogP contribution >= 0.6 is 0 Å². The Kier molecular flexibility index (Phi) is 3.40. The summed E-state index contributed by atoms with van der Waals surface area (Å²) in [6.07, 6.45) is 4.22. The smallest absolute Gasteiger partial charge is 0.214 e. The highest BCUT2D eigenvalue weighted by molar-refractivity contribution is 5.45. The minimum absolute atomic E-state index is 0.519. The lowest BCUT2D eigenvalue weighted by molar-refractivity contribution is 0.398. The summed E-state index contributed by atoms with van der Waals surface area (Å²) in [6, 6.07) is 4.41. The number of nitrogens with one attached hydrogen (secondary N) is 2. The van der Waals surface area contributed by atoms with Gasteiger partial charge in [0.2, 0.25) is 5.88 Å². The van der Waals surface area contributed by atoms with Crippen LogP contribution in [-0.2, 0) is 0 Å². The largest absolute Gasteiger partial charge is 0.481 e. The van der Waals surface area contributed by atoms with E-state index in [9.17, 15) is 0 Å². The zero-order valence-electron chi connectivity index (χ0n) is 8.99. The molecule has 0 amide bonds. The number of rotatable bonds is 3. The van der Waals surface area contributed by atoms with Crippen LogP contribution in [0.15, 0.2) is 18.3 Å². The molecule has 1 saturated heterocycles.